The number of carbonyl (C=O) groups is 2. The molecule has 1 atom stereocenters. The van der Waals surface area contributed by atoms with Crippen molar-refractivity contribution in [2.45, 2.75) is 77.6 Å². The number of rotatable bonds is 7. The van der Waals surface area contributed by atoms with E-state index in [1.54, 1.807) is 24.8 Å². The molecule has 0 radical (unpaired) electrons. The predicted molar refractivity (Wildman–Crippen MR) is 127 cm³/mol. The molecule has 2 fully saturated rings. The van der Waals surface area contributed by atoms with E-state index in [9.17, 15) is 24.6 Å². The van der Waals surface area contributed by atoms with Crippen molar-refractivity contribution >= 4 is 23.5 Å². The van der Waals surface area contributed by atoms with Gasteiger partial charge in [0.25, 0.3) is 11.5 Å². The number of hydrogen-bond acceptors (Lipinski definition) is 6. The van der Waals surface area contributed by atoms with Crippen LogP contribution in [0.15, 0.2) is 17.1 Å². The first-order valence-electron chi connectivity index (χ1n) is 11.8. The van der Waals surface area contributed by atoms with Crippen LogP contribution in [-0.2, 0) is 11.3 Å². The molecule has 2 aromatic heterocycles. The maximum Gasteiger partial charge on any atom is 0.270 e. The van der Waals surface area contributed by atoms with Crippen LogP contribution < -0.4 is 10.9 Å². The highest BCUT2D eigenvalue weighted by Crippen LogP contribution is 2.28. The lowest BCUT2D eigenvalue weighted by molar-refractivity contribution is -0.131. The van der Waals surface area contributed by atoms with E-state index in [2.05, 4.69) is 10.4 Å². The van der Waals surface area contributed by atoms with Crippen LogP contribution in [0, 0.1) is 5.92 Å². The molecule has 4 rings (SSSR count). The number of hydrogen-bond donors (Lipinski definition) is 3. The highest BCUT2D eigenvalue weighted by molar-refractivity contribution is 5.97. The van der Waals surface area contributed by atoms with Crippen LogP contribution >= 0.6 is 0 Å². The predicted octanol–water partition coefficient (Wildman–Crippen LogP) is 1.52. The van der Waals surface area contributed by atoms with Crippen molar-refractivity contribution < 1.29 is 19.8 Å². The zero-order valence-electron chi connectivity index (χ0n) is 20.1. The third-order valence-corrected chi connectivity index (χ3v) is 6.35. The van der Waals surface area contributed by atoms with Gasteiger partial charge in [0.1, 0.15) is 5.65 Å². The van der Waals surface area contributed by atoms with E-state index in [4.69, 9.17) is 0 Å². The number of likely N-dealkylation sites (tertiary alicyclic amines) is 1. The molecule has 184 valence electrons. The molecule has 2 aromatic rings. The second-order valence-corrected chi connectivity index (χ2v) is 10.3. The lowest BCUT2D eigenvalue weighted by Gasteiger charge is -2.33. The molecule has 0 bridgehead atoms. The third kappa shape index (κ3) is 4.59. The van der Waals surface area contributed by atoms with E-state index in [0.717, 1.165) is 25.7 Å². The van der Waals surface area contributed by atoms with Gasteiger partial charge in [0.05, 0.1) is 17.8 Å². The first kappa shape index (κ1) is 24.0. The summed E-state index contributed by atoms with van der Waals surface area (Å²) in [5.41, 5.74) is -1.16. The minimum atomic E-state index is -1.01. The summed E-state index contributed by atoms with van der Waals surface area (Å²) in [6, 6.07) is -0.245. The Morgan fingerprint density at radius 3 is 2.62 bits per heavy atom. The number of nitrogens with one attached hydrogen (secondary N) is 1. The molecule has 1 saturated carbocycles. The lowest BCUT2D eigenvalue weighted by atomic mass is 9.96. The fourth-order valence-corrected chi connectivity index (χ4v) is 4.57. The molecule has 2 aliphatic rings. The smallest absolute Gasteiger partial charge is 0.270 e. The summed E-state index contributed by atoms with van der Waals surface area (Å²) in [5, 5.41) is 28.1. The van der Waals surface area contributed by atoms with E-state index >= 15 is 0 Å². The Morgan fingerprint density at radius 2 is 2.00 bits per heavy atom. The second kappa shape index (κ2) is 8.90. The number of carbonyl (C=O) groups excluding carboxylic acids is 2. The molecule has 1 aliphatic carbocycles. The van der Waals surface area contributed by atoms with Crippen molar-refractivity contribution in [2.75, 3.05) is 6.54 Å². The number of amides is 2. The second-order valence-electron chi connectivity index (χ2n) is 10.3. The molecule has 10 nitrogen and oxygen atoms in total. The van der Waals surface area contributed by atoms with Crippen LogP contribution in [0.25, 0.3) is 11.7 Å². The minimum Gasteiger partial charge on any atom is -0.492 e. The summed E-state index contributed by atoms with van der Waals surface area (Å²) in [6.45, 7) is 8.15. The fourth-order valence-electron chi connectivity index (χ4n) is 4.57. The average molecular weight is 472 g/mol. The van der Waals surface area contributed by atoms with E-state index in [0.29, 0.717) is 24.3 Å². The Morgan fingerprint density at radius 1 is 1.29 bits per heavy atom. The molecular weight excluding hydrogens is 438 g/mol. The SMILES string of the molecule is CC(C)Cn1c(=O)c(C(=O)NC2CC2)c(O)n2ncc(C=CC(=O)N3CCCC3C(C)(C)O)c12. The monoisotopic (exact) mass is 471 g/mol. The Kier molecular flexibility index (Phi) is 6.28. The molecule has 3 heterocycles. The molecular formula is C24H33N5O5. The molecule has 1 saturated heterocycles. The highest BCUT2D eigenvalue weighted by Gasteiger charge is 2.37. The first-order chi connectivity index (χ1) is 16.0. The number of aromatic hydroxyl groups is 1. The summed E-state index contributed by atoms with van der Waals surface area (Å²) in [6.07, 6.45) is 7.66. The number of aliphatic hydroxyl groups is 1. The number of nitrogens with zero attached hydrogens (tertiary/aromatic N) is 4. The van der Waals surface area contributed by atoms with Gasteiger partial charge in [0.2, 0.25) is 11.8 Å². The van der Waals surface area contributed by atoms with Crippen LogP contribution in [0.4, 0.5) is 0 Å². The van der Waals surface area contributed by atoms with Gasteiger partial charge in [-0.1, -0.05) is 13.8 Å². The normalized spacial score (nSPS) is 19.0. The quantitative estimate of drug-likeness (QED) is 0.525. The van der Waals surface area contributed by atoms with Gasteiger partial charge in [0, 0.05) is 30.8 Å². The van der Waals surface area contributed by atoms with E-state index < -0.39 is 22.9 Å². The zero-order chi connectivity index (χ0) is 24.8. The Bertz CT molecular complexity index is 1200. The maximum absolute atomic E-state index is 13.3. The lowest BCUT2D eigenvalue weighted by Crippen LogP contribution is -2.47. The van der Waals surface area contributed by atoms with Crippen molar-refractivity contribution in [3.63, 3.8) is 0 Å². The van der Waals surface area contributed by atoms with Crippen molar-refractivity contribution in [1.82, 2.24) is 24.4 Å². The maximum atomic E-state index is 13.3. The first-order valence-corrected chi connectivity index (χ1v) is 11.8. The van der Waals surface area contributed by atoms with Crippen molar-refractivity contribution in [3.05, 3.63) is 33.8 Å². The van der Waals surface area contributed by atoms with Gasteiger partial charge in [-0.15, -0.1) is 0 Å². The molecule has 0 spiro atoms. The molecule has 10 heteroatoms. The summed E-state index contributed by atoms with van der Waals surface area (Å²) in [5.74, 6) is -1.30. The largest absolute Gasteiger partial charge is 0.492 e. The van der Waals surface area contributed by atoms with E-state index in [-0.39, 0.29) is 29.5 Å². The van der Waals surface area contributed by atoms with Crippen LogP contribution in [-0.4, -0.2) is 65.3 Å². The summed E-state index contributed by atoms with van der Waals surface area (Å²) < 4.78 is 2.60. The van der Waals surface area contributed by atoms with Gasteiger partial charge in [-0.2, -0.15) is 9.61 Å². The highest BCUT2D eigenvalue weighted by atomic mass is 16.3. The molecule has 2 amide bonds. The van der Waals surface area contributed by atoms with Gasteiger partial charge in [-0.25, -0.2) is 0 Å². The molecule has 1 unspecified atom stereocenters. The average Bonchev–Trinajstić information content (AvgIpc) is 3.25. The van der Waals surface area contributed by atoms with Crippen LogP contribution in [0.2, 0.25) is 0 Å². The minimum absolute atomic E-state index is 0.0287. The molecule has 3 N–H and O–H groups in total. The molecule has 0 aromatic carbocycles. The summed E-state index contributed by atoms with van der Waals surface area (Å²) >= 11 is 0. The topological polar surface area (TPSA) is 129 Å². The van der Waals surface area contributed by atoms with Crippen LogP contribution in [0.5, 0.6) is 5.88 Å². The van der Waals surface area contributed by atoms with Crippen LogP contribution in [0.3, 0.4) is 0 Å². The third-order valence-electron chi connectivity index (χ3n) is 6.35. The van der Waals surface area contributed by atoms with Crippen LogP contribution in [0.1, 0.15) is 69.3 Å². The Labute approximate surface area is 197 Å². The summed E-state index contributed by atoms with van der Waals surface area (Å²) in [7, 11) is 0. The van der Waals surface area contributed by atoms with Gasteiger partial charge in [0.15, 0.2) is 5.56 Å². The Hall–Kier alpha value is -3.14. The van der Waals surface area contributed by atoms with Gasteiger partial charge >= 0.3 is 0 Å². The fraction of sp³-hybridized carbons (Fsp3) is 0.583. The zero-order valence-corrected chi connectivity index (χ0v) is 20.1. The number of fused-ring (bicyclic) bond motifs is 1. The molecule has 34 heavy (non-hydrogen) atoms. The Balaban J connectivity index is 1.73. The van der Waals surface area contributed by atoms with Gasteiger partial charge in [-0.05, 0) is 51.5 Å². The van der Waals surface area contributed by atoms with Gasteiger partial charge in [-0.3, -0.25) is 19.0 Å². The van der Waals surface area contributed by atoms with Gasteiger partial charge < -0.3 is 20.4 Å². The van der Waals surface area contributed by atoms with Crippen molar-refractivity contribution in [3.8, 4) is 5.88 Å². The van der Waals surface area contributed by atoms with Crippen molar-refractivity contribution in [2.24, 2.45) is 5.92 Å². The molecule has 1 aliphatic heterocycles. The standard InChI is InChI=1S/C24H33N5O5/c1-14(2)13-28-21-15(7-10-18(30)27-11-5-6-17(27)24(3,4)34)12-25-29(21)23(33)19(22(28)32)20(31)26-16-8-9-16/h7,10,12,14,16-17,33-34H,5-6,8-9,11,13H2,1-4H3,(H,26,31). The van der Waals surface area contributed by atoms with Crippen molar-refractivity contribution in [1.29, 1.82) is 0 Å². The van der Waals surface area contributed by atoms with E-state index in [1.807, 2.05) is 13.8 Å². The summed E-state index contributed by atoms with van der Waals surface area (Å²) in [4.78, 5) is 40.6. The number of aromatic nitrogens is 3. The van der Waals surface area contributed by atoms with E-state index in [1.165, 1.54) is 21.4 Å².